The molecule has 2 rings (SSSR count). The third-order valence-electron chi connectivity index (χ3n) is 3.29. The average molecular weight is 199 g/mol. The Morgan fingerprint density at radius 2 is 2.08 bits per heavy atom. The van der Waals surface area contributed by atoms with Crippen molar-refractivity contribution in [1.29, 1.82) is 0 Å². The van der Waals surface area contributed by atoms with Crippen LogP contribution in [0.2, 0.25) is 0 Å². The molecule has 1 aliphatic heterocycles. The van der Waals surface area contributed by atoms with Crippen molar-refractivity contribution in [1.82, 2.24) is 5.32 Å². The van der Waals surface area contributed by atoms with Gasteiger partial charge in [-0.15, -0.1) is 0 Å². The van der Waals surface area contributed by atoms with Gasteiger partial charge in [-0.2, -0.15) is 11.8 Å². The van der Waals surface area contributed by atoms with Crippen LogP contribution in [0.3, 0.4) is 0 Å². The SMILES string of the molecule is CC1CCC2NC(C)(C)CSC2C1. The van der Waals surface area contributed by atoms with Gasteiger partial charge in [0.05, 0.1) is 0 Å². The van der Waals surface area contributed by atoms with Crippen LogP contribution in [0, 0.1) is 5.92 Å². The normalized spacial score (nSPS) is 44.1. The van der Waals surface area contributed by atoms with E-state index in [0.29, 0.717) is 5.54 Å². The van der Waals surface area contributed by atoms with Crippen molar-refractivity contribution < 1.29 is 0 Å². The Bertz CT molecular complexity index is 191. The van der Waals surface area contributed by atoms with E-state index in [1.165, 1.54) is 25.0 Å². The number of thioether (sulfide) groups is 1. The summed E-state index contributed by atoms with van der Waals surface area (Å²) in [6.07, 6.45) is 4.24. The zero-order valence-corrected chi connectivity index (χ0v) is 9.79. The first kappa shape index (κ1) is 9.85. The number of hydrogen-bond donors (Lipinski definition) is 1. The van der Waals surface area contributed by atoms with Crippen molar-refractivity contribution in [2.75, 3.05) is 5.75 Å². The molecule has 13 heavy (non-hydrogen) atoms. The fraction of sp³-hybridized carbons (Fsp3) is 1.00. The molecule has 1 aliphatic carbocycles. The molecular weight excluding hydrogens is 178 g/mol. The predicted octanol–water partition coefficient (Wildman–Crippen LogP) is 2.66. The lowest BCUT2D eigenvalue weighted by Gasteiger charge is -2.45. The van der Waals surface area contributed by atoms with Gasteiger partial charge in [-0.3, -0.25) is 0 Å². The molecule has 76 valence electrons. The quantitative estimate of drug-likeness (QED) is 0.644. The highest BCUT2D eigenvalue weighted by Crippen LogP contribution is 2.37. The van der Waals surface area contributed by atoms with Crippen molar-refractivity contribution in [3.63, 3.8) is 0 Å². The minimum absolute atomic E-state index is 0.367. The molecule has 2 heteroatoms. The van der Waals surface area contributed by atoms with Crippen LogP contribution in [0.25, 0.3) is 0 Å². The van der Waals surface area contributed by atoms with Crippen LogP contribution in [-0.2, 0) is 0 Å². The van der Waals surface area contributed by atoms with E-state index in [1.807, 2.05) is 0 Å². The average Bonchev–Trinajstić information content (AvgIpc) is 2.05. The van der Waals surface area contributed by atoms with Crippen LogP contribution in [0.4, 0.5) is 0 Å². The molecule has 2 aliphatic rings. The van der Waals surface area contributed by atoms with E-state index in [0.717, 1.165) is 17.2 Å². The van der Waals surface area contributed by atoms with Crippen molar-refractivity contribution in [2.45, 2.75) is 56.9 Å². The Balaban J connectivity index is 1.98. The largest absolute Gasteiger partial charge is 0.307 e. The molecule has 2 fully saturated rings. The van der Waals surface area contributed by atoms with Gasteiger partial charge < -0.3 is 5.32 Å². The molecule has 0 radical (unpaired) electrons. The summed E-state index contributed by atoms with van der Waals surface area (Å²) in [4.78, 5) is 0. The molecule has 3 unspecified atom stereocenters. The van der Waals surface area contributed by atoms with Crippen LogP contribution in [0.5, 0.6) is 0 Å². The molecule has 0 aromatic rings. The number of nitrogens with one attached hydrogen (secondary N) is 1. The molecule has 1 heterocycles. The van der Waals surface area contributed by atoms with Crippen LogP contribution < -0.4 is 5.32 Å². The Morgan fingerprint density at radius 3 is 2.85 bits per heavy atom. The molecule has 1 saturated heterocycles. The molecule has 1 saturated carbocycles. The van der Waals surface area contributed by atoms with Crippen LogP contribution in [-0.4, -0.2) is 22.6 Å². The first-order chi connectivity index (χ1) is 6.07. The third-order valence-corrected chi connectivity index (χ3v) is 5.13. The Hall–Kier alpha value is 0.310. The van der Waals surface area contributed by atoms with Gasteiger partial charge in [0.15, 0.2) is 0 Å². The van der Waals surface area contributed by atoms with Crippen molar-refractivity contribution >= 4 is 11.8 Å². The summed E-state index contributed by atoms with van der Waals surface area (Å²) in [6.45, 7) is 7.05. The second kappa shape index (κ2) is 3.47. The lowest BCUT2D eigenvalue weighted by molar-refractivity contribution is 0.257. The summed E-state index contributed by atoms with van der Waals surface area (Å²) in [7, 11) is 0. The van der Waals surface area contributed by atoms with E-state index >= 15 is 0 Å². The molecule has 0 aromatic heterocycles. The molecule has 1 nitrogen and oxygen atoms in total. The van der Waals surface area contributed by atoms with Gasteiger partial charge >= 0.3 is 0 Å². The first-order valence-electron chi connectivity index (χ1n) is 5.46. The Kier molecular flexibility index (Phi) is 2.63. The lowest BCUT2D eigenvalue weighted by atomic mass is 9.85. The highest BCUT2D eigenvalue weighted by Gasteiger charge is 2.37. The minimum atomic E-state index is 0.367. The van der Waals surface area contributed by atoms with E-state index in [-0.39, 0.29) is 0 Å². The fourth-order valence-electron chi connectivity index (χ4n) is 2.54. The van der Waals surface area contributed by atoms with Crippen molar-refractivity contribution in [3.8, 4) is 0 Å². The highest BCUT2D eigenvalue weighted by atomic mass is 32.2. The van der Waals surface area contributed by atoms with E-state index in [2.05, 4.69) is 37.8 Å². The standard InChI is InChI=1S/C11H21NS/c1-8-4-5-9-10(6-8)13-7-11(2,3)12-9/h8-10,12H,4-7H2,1-3H3. The second-order valence-corrected chi connectivity index (χ2v) is 6.63. The molecule has 0 amide bonds. The molecule has 1 N–H and O–H groups in total. The number of fused-ring (bicyclic) bond motifs is 1. The zero-order chi connectivity index (χ0) is 9.47. The van der Waals surface area contributed by atoms with E-state index in [9.17, 15) is 0 Å². The van der Waals surface area contributed by atoms with Gasteiger partial charge in [0, 0.05) is 22.6 Å². The number of rotatable bonds is 0. The van der Waals surface area contributed by atoms with Crippen molar-refractivity contribution in [3.05, 3.63) is 0 Å². The summed E-state index contributed by atoms with van der Waals surface area (Å²) in [5.41, 5.74) is 0.367. The van der Waals surface area contributed by atoms with Crippen molar-refractivity contribution in [2.24, 2.45) is 5.92 Å². The third kappa shape index (κ3) is 2.21. The molecular formula is C11H21NS. The van der Waals surface area contributed by atoms with Gasteiger partial charge in [0.1, 0.15) is 0 Å². The number of hydrogen-bond acceptors (Lipinski definition) is 2. The van der Waals surface area contributed by atoms with Gasteiger partial charge in [-0.05, 0) is 39.0 Å². The molecule has 0 bridgehead atoms. The topological polar surface area (TPSA) is 12.0 Å². The maximum absolute atomic E-state index is 3.79. The first-order valence-corrected chi connectivity index (χ1v) is 6.51. The van der Waals surface area contributed by atoms with E-state index < -0.39 is 0 Å². The summed E-state index contributed by atoms with van der Waals surface area (Å²) >= 11 is 2.20. The zero-order valence-electron chi connectivity index (χ0n) is 8.97. The second-order valence-electron chi connectivity index (χ2n) is 5.40. The molecule has 0 aromatic carbocycles. The van der Waals surface area contributed by atoms with Crippen LogP contribution >= 0.6 is 11.8 Å². The Labute approximate surface area is 86.0 Å². The van der Waals surface area contributed by atoms with Gasteiger partial charge in [-0.25, -0.2) is 0 Å². The van der Waals surface area contributed by atoms with Crippen LogP contribution in [0.15, 0.2) is 0 Å². The summed E-state index contributed by atoms with van der Waals surface area (Å²) in [6, 6.07) is 0.796. The fourth-order valence-corrected chi connectivity index (χ4v) is 4.15. The highest BCUT2D eigenvalue weighted by molar-refractivity contribution is 8.00. The smallest absolute Gasteiger partial charge is 0.0218 e. The lowest BCUT2D eigenvalue weighted by Crippen LogP contribution is -2.57. The van der Waals surface area contributed by atoms with E-state index in [1.54, 1.807) is 0 Å². The predicted molar refractivity (Wildman–Crippen MR) is 60.3 cm³/mol. The Morgan fingerprint density at radius 1 is 1.31 bits per heavy atom. The monoisotopic (exact) mass is 199 g/mol. The van der Waals surface area contributed by atoms with Crippen LogP contribution in [0.1, 0.15) is 40.0 Å². The summed E-state index contributed by atoms with van der Waals surface area (Å²) in [5.74, 6) is 2.23. The maximum Gasteiger partial charge on any atom is 0.0218 e. The maximum atomic E-state index is 3.79. The van der Waals surface area contributed by atoms with Gasteiger partial charge in [0.25, 0.3) is 0 Å². The van der Waals surface area contributed by atoms with Gasteiger partial charge in [-0.1, -0.05) is 6.92 Å². The summed E-state index contributed by atoms with van der Waals surface area (Å²) < 4.78 is 0. The summed E-state index contributed by atoms with van der Waals surface area (Å²) in [5, 5.41) is 4.69. The van der Waals surface area contributed by atoms with E-state index in [4.69, 9.17) is 0 Å². The van der Waals surface area contributed by atoms with Gasteiger partial charge in [0.2, 0.25) is 0 Å². The molecule has 3 atom stereocenters. The molecule has 0 spiro atoms. The minimum Gasteiger partial charge on any atom is -0.307 e.